The van der Waals surface area contributed by atoms with Crippen LogP contribution in [0.5, 0.6) is 0 Å². The fourth-order valence-electron chi connectivity index (χ4n) is 1.47. The Kier molecular flexibility index (Phi) is 5.12. The topological polar surface area (TPSA) is 57.4 Å². The van der Waals surface area contributed by atoms with E-state index in [-0.39, 0.29) is 11.1 Å². The minimum atomic E-state index is -1.85. The van der Waals surface area contributed by atoms with Crippen molar-refractivity contribution in [2.75, 3.05) is 19.5 Å². The second-order valence-corrected chi connectivity index (χ2v) is 11.1. The molecule has 0 radical (unpaired) electrons. The van der Waals surface area contributed by atoms with Gasteiger partial charge in [0, 0.05) is 7.11 Å². The Balaban J connectivity index is 2.93. The molecule has 0 aliphatic rings. The Morgan fingerprint density at radius 3 is 2.37 bits per heavy atom. The lowest BCUT2D eigenvalue weighted by atomic mass is 10.2. The summed E-state index contributed by atoms with van der Waals surface area (Å²) in [6.07, 6.45) is 1.53. The van der Waals surface area contributed by atoms with Gasteiger partial charge in [0.1, 0.15) is 6.10 Å². The average Bonchev–Trinajstić information content (AvgIpc) is 2.27. The van der Waals surface area contributed by atoms with Gasteiger partial charge >= 0.3 is 0 Å². The molecule has 1 heterocycles. The number of ether oxygens (including phenoxy) is 1. The van der Waals surface area contributed by atoms with E-state index >= 15 is 0 Å². The Hall–Kier alpha value is -0.913. The summed E-state index contributed by atoms with van der Waals surface area (Å²) in [5.74, 6) is 0. The molecular weight excluding hydrogens is 256 g/mol. The molecule has 4 nitrogen and oxygen atoms in total. The first-order chi connectivity index (χ1) is 8.67. The van der Waals surface area contributed by atoms with Crippen LogP contribution in [0.3, 0.4) is 0 Å². The molecule has 0 saturated carbocycles. The van der Waals surface area contributed by atoms with Crippen LogP contribution in [0.25, 0.3) is 0 Å². The highest BCUT2D eigenvalue weighted by Gasteiger charge is 2.39. The van der Waals surface area contributed by atoms with Crippen LogP contribution in [0.1, 0.15) is 32.6 Å². The Labute approximate surface area is 117 Å². The van der Waals surface area contributed by atoms with Crippen LogP contribution in [0.4, 0.5) is 5.69 Å². The van der Waals surface area contributed by atoms with Gasteiger partial charge < -0.3 is 14.9 Å². The summed E-state index contributed by atoms with van der Waals surface area (Å²) < 4.78 is 11.7. The summed E-state index contributed by atoms with van der Waals surface area (Å²) in [6.45, 7) is 11.6. The van der Waals surface area contributed by atoms with Crippen molar-refractivity contribution in [3.05, 3.63) is 24.0 Å². The van der Waals surface area contributed by atoms with Gasteiger partial charge in [0.15, 0.2) is 8.32 Å². The zero-order valence-electron chi connectivity index (χ0n) is 12.9. The molecule has 0 fully saturated rings. The molecule has 19 heavy (non-hydrogen) atoms. The third-order valence-electron chi connectivity index (χ3n) is 3.70. The molecule has 1 unspecified atom stereocenters. The molecule has 108 valence electrons. The molecule has 5 heteroatoms. The number of methoxy groups -OCH3 is 1. The third-order valence-corrected chi connectivity index (χ3v) is 8.19. The largest absolute Gasteiger partial charge is 0.406 e. The summed E-state index contributed by atoms with van der Waals surface area (Å²) in [6, 6.07) is 3.76. The second-order valence-electron chi connectivity index (χ2n) is 6.34. The van der Waals surface area contributed by atoms with Crippen LogP contribution < -0.4 is 5.73 Å². The number of rotatable bonds is 5. The zero-order chi connectivity index (χ0) is 14.7. The lowest BCUT2D eigenvalue weighted by Gasteiger charge is -2.39. The summed E-state index contributed by atoms with van der Waals surface area (Å²) in [7, 11) is -0.173. The monoisotopic (exact) mass is 282 g/mol. The van der Waals surface area contributed by atoms with Gasteiger partial charge in [-0.3, -0.25) is 4.98 Å². The Bertz CT molecular complexity index is 399. The van der Waals surface area contributed by atoms with Crippen LogP contribution in [0, 0.1) is 0 Å². The van der Waals surface area contributed by atoms with E-state index in [1.807, 2.05) is 12.1 Å². The van der Waals surface area contributed by atoms with Crippen molar-refractivity contribution in [3.63, 3.8) is 0 Å². The van der Waals surface area contributed by atoms with Gasteiger partial charge in [-0.05, 0) is 30.3 Å². The number of nitrogens with zero attached hydrogens (tertiary/aromatic N) is 1. The van der Waals surface area contributed by atoms with E-state index in [0.29, 0.717) is 12.3 Å². The molecule has 0 aliphatic carbocycles. The van der Waals surface area contributed by atoms with Crippen LogP contribution >= 0.6 is 0 Å². The Morgan fingerprint density at radius 2 is 1.95 bits per heavy atom. The lowest BCUT2D eigenvalue weighted by Crippen LogP contribution is -2.42. The van der Waals surface area contributed by atoms with Gasteiger partial charge in [-0.1, -0.05) is 20.8 Å². The average molecular weight is 282 g/mol. The van der Waals surface area contributed by atoms with Crippen LogP contribution in [-0.2, 0) is 9.16 Å². The van der Waals surface area contributed by atoms with E-state index in [1.54, 1.807) is 13.3 Å². The van der Waals surface area contributed by atoms with Gasteiger partial charge in [-0.25, -0.2) is 0 Å². The van der Waals surface area contributed by atoms with E-state index in [4.69, 9.17) is 14.9 Å². The predicted molar refractivity (Wildman–Crippen MR) is 81.5 cm³/mol. The lowest BCUT2D eigenvalue weighted by molar-refractivity contribution is 0.0688. The van der Waals surface area contributed by atoms with Crippen LogP contribution in [0.2, 0.25) is 18.1 Å². The summed E-state index contributed by atoms with van der Waals surface area (Å²) >= 11 is 0. The van der Waals surface area contributed by atoms with Crippen LogP contribution in [-0.4, -0.2) is 27.0 Å². The molecule has 0 aromatic carbocycles. The van der Waals surface area contributed by atoms with E-state index < -0.39 is 8.32 Å². The quantitative estimate of drug-likeness (QED) is 0.841. The molecule has 2 N–H and O–H groups in total. The molecule has 1 aromatic heterocycles. The zero-order valence-corrected chi connectivity index (χ0v) is 13.9. The van der Waals surface area contributed by atoms with E-state index in [0.717, 1.165) is 5.69 Å². The van der Waals surface area contributed by atoms with Crippen molar-refractivity contribution in [2.45, 2.75) is 45.0 Å². The first-order valence-electron chi connectivity index (χ1n) is 6.55. The molecule has 1 rings (SSSR count). The smallest absolute Gasteiger partial charge is 0.193 e. The maximum atomic E-state index is 6.38. The fraction of sp³-hybridized carbons (Fsp3) is 0.643. The SMILES string of the molecule is COCC(O[Si](C)(C)C(C)(C)C)c1ccc(N)cn1. The number of hydrogen-bond donors (Lipinski definition) is 1. The highest BCUT2D eigenvalue weighted by atomic mass is 28.4. The van der Waals surface area contributed by atoms with Crippen molar-refractivity contribution >= 4 is 14.0 Å². The van der Waals surface area contributed by atoms with E-state index in [1.165, 1.54) is 0 Å². The first-order valence-corrected chi connectivity index (χ1v) is 9.46. The third kappa shape index (κ3) is 4.30. The van der Waals surface area contributed by atoms with Gasteiger partial charge in [-0.2, -0.15) is 0 Å². The van der Waals surface area contributed by atoms with E-state index in [9.17, 15) is 0 Å². The predicted octanol–water partition coefficient (Wildman–Crippen LogP) is 3.37. The van der Waals surface area contributed by atoms with Crippen molar-refractivity contribution in [3.8, 4) is 0 Å². The number of nitrogen functional groups attached to an aromatic ring is 1. The maximum Gasteiger partial charge on any atom is 0.193 e. The van der Waals surface area contributed by atoms with Gasteiger partial charge in [0.25, 0.3) is 0 Å². The molecule has 0 spiro atoms. The van der Waals surface area contributed by atoms with Gasteiger partial charge in [-0.15, -0.1) is 0 Å². The molecule has 0 bridgehead atoms. The molecule has 0 aliphatic heterocycles. The fourth-order valence-corrected chi connectivity index (χ4v) is 2.72. The molecule has 0 saturated heterocycles. The maximum absolute atomic E-state index is 6.38. The summed E-state index contributed by atoms with van der Waals surface area (Å²) in [5, 5.41) is 0.160. The van der Waals surface area contributed by atoms with Crippen molar-refractivity contribution in [1.29, 1.82) is 0 Å². The first kappa shape index (κ1) is 16.1. The molecule has 1 aromatic rings. The molecular formula is C14H26N2O2Si. The van der Waals surface area contributed by atoms with Crippen molar-refractivity contribution < 1.29 is 9.16 Å². The number of pyridine rings is 1. The standard InChI is InChI=1S/C14H26N2O2Si/c1-14(2,3)19(5,6)18-13(10-17-4)12-8-7-11(15)9-16-12/h7-9,13H,10,15H2,1-6H3. The van der Waals surface area contributed by atoms with E-state index in [2.05, 4.69) is 38.8 Å². The highest BCUT2D eigenvalue weighted by molar-refractivity contribution is 6.74. The normalized spacial score (nSPS) is 14.4. The number of aromatic nitrogens is 1. The van der Waals surface area contributed by atoms with Gasteiger partial charge in [0.05, 0.1) is 24.2 Å². The highest BCUT2D eigenvalue weighted by Crippen LogP contribution is 2.39. The number of hydrogen-bond acceptors (Lipinski definition) is 4. The van der Waals surface area contributed by atoms with Gasteiger partial charge in [0.2, 0.25) is 0 Å². The van der Waals surface area contributed by atoms with Crippen molar-refractivity contribution in [2.24, 2.45) is 0 Å². The van der Waals surface area contributed by atoms with Crippen molar-refractivity contribution in [1.82, 2.24) is 4.98 Å². The molecule has 1 atom stereocenters. The minimum absolute atomic E-state index is 0.133. The minimum Gasteiger partial charge on any atom is -0.406 e. The number of nitrogens with two attached hydrogens (primary N) is 1. The number of anilines is 1. The summed E-state index contributed by atoms with van der Waals surface area (Å²) in [4.78, 5) is 4.36. The summed E-state index contributed by atoms with van der Waals surface area (Å²) in [5.41, 5.74) is 7.21. The van der Waals surface area contributed by atoms with Crippen LogP contribution in [0.15, 0.2) is 18.3 Å². The second kappa shape index (κ2) is 6.03. The Morgan fingerprint density at radius 1 is 1.32 bits per heavy atom. The molecule has 0 amide bonds.